The summed E-state index contributed by atoms with van der Waals surface area (Å²) in [5.74, 6) is -0.780. The highest BCUT2D eigenvalue weighted by atomic mass is 19.1. The van der Waals surface area contributed by atoms with Crippen molar-refractivity contribution in [3.8, 4) is 5.75 Å². The molecule has 0 aliphatic carbocycles. The van der Waals surface area contributed by atoms with Gasteiger partial charge in [-0.05, 0) is 43.5 Å². The first kappa shape index (κ1) is 19.2. The minimum Gasteiger partial charge on any atom is -0.494 e. The van der Waals surface area contributed by atoms with Crippen molar-refractivity contribution in [1.82, 2.24) is 4.90 Å². The summed E-state index contributed by atoms with van der Waals surface area (Å²) in [4.78, 5) is 25.6. The van der Waals surface area contributed by atoms with Gasteiger partial charge >= 0.3 is 5.97 Å². The molecule has 7 heteroatoms. The summed E-state index contributed by atoms with van der Waals surface area (Å²) in [6.07, 6.45) is 1.95. The molecule has 0 bridgehead atoms. The van der Waals surface area contributed by atoms with E-state index in [0.717, 1.165) is 0 Å². The molecule has 0 aromatic heterocycles. The highest BCUT2D eigenvalue weighted by Gasteiger charge is 2.43. The number of carbonyl (C=O) groups excluding carboxylic acids is 1. The molecule has 1 atom stereocenters. The fraction of sp³-hybridized carbons (Fsp3) is 0.556. The number of rotatable bonds is 8. The van der Waals surface area contributed by atoms with Crippen LogP contribution >= 0.6 is 0 Å². The number of benzene rings is 1. The number of carbonyl (C=O) groups is 2. The van der Waals surface area contributed by atoms with Gasteiger partial charge in [-0.2, -0.15) is 0 Å². The van der Waals surface area contributed by atoms with Crippen LogP contribution in [0.3, 0.4) is 0 Å². The van der Waals surface area contributed by atoms with Crippen molar-refractivity contribution in [2.75, 3.05) is 33.4 Å². The maximum atomic E-state index is 12.8. The molecule has 0 spiro atoms. The molecule has 2 rings (SSSR count). The van der Waals surface area contributed by atoms with Crippen LogP contribution in [0.25, 0.3) is 0 Å². The summed E-state index contributed by atoms with van der Waals surface area (Å²) in [5, 5.41) is 9.51. The van der Waals surface area contributed by atoms with Gasteiger partial charge in [0, 0.05) is 26.6 Å². The Morgan fingerprint density at radius 1 is 1.32 bits per heavy atom. The second kappa shape index (κ2) is 8.80. The Bertz CT molecular complexity index is 588. The molecule has 0 saturated carbocycles. The number of halogens is 1. The molecular formula is C18H24FNO5. The third-order valence-corrected chi connectivity index (χ3v) is 4.42. The van der Waals surface area contributed by atoms with Crippen LogP contribution in [0.1, 0.15) is 25.7 Å². The zero-order valence-corrected chi connectivity index (χ0v) is 14.4. The lowest BCUT2D eigenvalue weighted by molar-refractivity contribution is -0.159. The smallest absolute Gasteiger partial charge is 0.313 e. The van der Waals surface area contributed by atoms with Crippen molar-refractivity contribution in [3.63, 3.8) is 0 Å². The number of carboxylic acids is 1. The van der Waals surface area contributed by atoms with Crippen LogP contribution in [0.5, 0.6) is 5.75 Å². The molecule has 6 nitrogen and oxygen atoms in total. The average molecular weight is 353 g/mol. The Labute approximate surface area is 146 Å². The highest BCUT2D eigenvalue weighted by molar-refractivity contribution is 5.79. The Kier molecular flexibility index (Phi) is 6.75. The van der Waals surface area contributed by atoms with Gasteiger partial charge in [0.2, 0.25) is 5.91 Å². The lowest BCUT2D eigenvalue weighted by atomic mass is 9.80. The Balaban J connectivity index is 1.79. The first-order chi connectivity index (χ1) is 12.0. The van der Waals surface area contributed by atoms with Gasteiger partial charge in [-0.1, -0.05) is 0 Å². The van der Waals surface area contributed by atoms with E-state index in [1.807, 2.05) is 0 Å². The third kappa shape index (κ3) is 5.16. The highest BCUT2D eigenvalue weighted by Crippen LogP contribution is 2.31. The summed E-state index contributed by atoms with van der Waals surface area (Å²) in [7, 11) is 1.47. The van der Waals surface area contributed by atoms with Crippen LogP contribution in [0, 0.1) is 11.2 Å². The summed E-state index contributed by atoms with van der Waals surface area (Å²) in [5.41, 5.74) is -1.02. The summed E-state index contributed by atoms with van der Waals surface area (Å²) >= 11 is 0. The maximum Gasteiger partial charge on any atom is 0.313 e. The standard InChI is InChI=1S/C18H24FNO5/c1-24-13-18(17(22)23)9-3-10-20(12-18)16(21)4-2-11-25-15-7-5-14(19)6-8-15/h5-8H,2-4,9-13H2,1H3,(H,22,23). The van der Waals surface area contributed by atoms with Crippen molar-refractivity contribution < 1.29 is 28.6 Å². The molecule has 1 N–H and O–H groups in total. The largest absolute Gasteiger partial charge is 0.494 e. The van der Waals surface area contributed by atoms with Gasteiger partial charge in [0.05, 0.1) is 13.2 Å². The van der Waals surface area contributed by atoms with Crippen molar-refractivity contribution in [1.29, 1.82) is 0 Å². The number of hydrogen-bond donors (Lipinski definition) is 1. The molecule has 25 heavy (non-hydrogen) atoms. The molecule has 138 valence electrons. The van der Waals surface area contributed by atoms with E-state index in [2.05, 4.69) is 0 Å². The van der Waals surface area contributed by atoms with E-state index in [1.165, 1.54) is 31.4 Å². The molecule has 1 fully saturated rings. The number of hydrogen-bond acceptors (Lipinski definition) is 4. The van der Waals surface area contributed by atoms with E-state index in [1.54, 1.807) is 4.90 Å². The van der Waals surface area contributed by atoms with E-state index in [4.69, 9.17) is 9.47 Å². The molecule has 1 aliphatic rings. The van der Waals surface area contributed by atoms with Crippen LogP contribution < -0.4 is 4.74 Å². The number of ether oxygens (including phenoxy) is 2. The van der Waals surface area contributed by atoms with Crippen LogP contribution in [0.2, 0.25) is 0 Å². The molecule has 1 aliphatic heterocycles. The second-order valence-electron chi connectivity index (χ2n) is 6.34. The van der Waals surface area contributed by atoms with Gasteiger partial charge in [0.1, 0.15) is 17.0 Å². The van der Waals surface area contributed by atoms with Gasteiger partial charge in [-0.3, -0.25) is 9.59 Å². The fourth-order valence-corrected chi connectivity index (χ4v) is 3.08. The van der Waals surface area contributed by atoms with Crippen molar-refractivity contribution >= 4 is 11.9 Å². The van der Waals surface area contributed by atoms with Crippen LogP contribution in [-0.2, 0) is 14.3 Å². The molecule has 0 radical (unpaired) electrons. The summed E-state index contributed by atoms with van der Waals surface area (Å²) < 4.78 is 23.3. The van der Waals surface area contributed by atoms with E-state index in [0.29, 0.717) is 38.2 Å². The molecular weight excluding hydrogens is 329 g/mol. The van der Waals surface area contributed by atoms with Crippen molar-refractivity contribution in [2.24, 2.45) is 5.41 Å². The molecule has 1 amide bonds. The maximum absolute atomic E-state index is 12.8. The predicted molar refractivity (Wildman–Crippen MR) is 88.9 cm³/mol. The summed E-state index contributed by atoms with van der Waals surface area (Å²) in [6, 6.07) is 5.70. The van der Waals surface area contributed by atoms with Gasteiger partial charge in [0.15, 0.2) is 0 Å². The van der Waals surface area contributed by atoms with Gasteiger partial charge in [-0.15, -0.1) is 0 Å². The van der Waals surface area contributed by atoms with Crippen LogP contribution in [-0.4, -0.2) is 55.3 Å². The minimum absolute atomic E-state index is 0.0795. The molecule has 1 heterocycles. The number of nitrogens with zero attached hydrogens (tertiary/aromatic N) is 1. The Hall–Kier alpha value is -2.15. The first-order valence-electron chi connectivity index (χ1n) is 8.35. The molecule has 1 aromatic rings. The SMILES string of the molecule is COCC1(C(=O)O)CCCN(C(=O)CCCOc2ccc(F)cc2)C1. The fourth-order valence-electron chi connectivity index (χ4n) is 3.08. The quantitative estimate of drug-likeness (QED) is 0.726. The van der Waals surface area contributed by atoms with E-state index in [-0.39, 0.29) is 31.3 Å². The molecule has 1 unspecified atom stereocenters. The van der Waals surface area contributed by atoms with Crippen LogP contribution in [0.15, 0.2) is 24.3 Å². The first-order valence-corrected chi connectivity index (χ1v) is 8.35. The monoisotopic (exact) mass is 353 g/mol. The number of amides is 1. The van der Waals surface area contributed by atoms with Gasteiger partial charge < -0.3 is 19.5 Å². The third-order valence-electron chi connectivity index (χ3n) is 4.42. The Morgan fingerprint density at radius 2 is 2.04 bits per heavy atom. The van der Waals surface area contributed by atoms with Crippen molar-refractivity contribution in [2.45, 2.75) is 25.7 Å². The average Bonchev–Trinajstić information content (AvgIpc) is 2.60. The number of carboxylic acid groups (broad SMARTS) is 1. The topological polar surface area (TPSA) is 76.1 Å². The zero-order chi connectivity index (χ0) is 18.3. The van der Waals surface area contributed by atoms with E-state index < -0.39 is 11.4 Å². The van der Waals surface area contributed by atoms with Crippen molar-refractivity contribution in [3.05, 3.63) is 30.1 Å². The van der Waals surface area contributed by atoms with Gasteiger partial charge in [0.25, 0.3) is 0 Å². The minimum atomic E-state index is -1.02. The van der Waals surface area contributed by atoms with E-state index >= 15 is 0 Å². The van der Waals surface area contributed by atoms with Gasteiger partial charge in [-0.25, -0.2) is 4.39 Å². The summed E-state index contributed by atoms with van der Waals surface area (Å²) in [6.45, 7) is 1.18. The lowest BCUT2D eigenvalue weighted by Gasteiger charge is -2.39. The number of aliphatic carboxylic acids is 1. The number of piperidine rings is 1. The number of likely N-dealkylation sites (tertiary alicyclic amines) is 1. The number of methoxy groups -OCH3 is 1. The second-order valence-corrected chi connectivity index (χ2v) is 6.34. The predicted octanol–water partition coefficient (Wildman–Crippen LogP) is 2.32. The molecule has 1 saturated heterocycles. The zero-order valence-electron chi connectivity index (χ0n) is 14.4. The van der Waals surface area contributed by atoms with E-state index in [9.17, 15) is 19.1 Å². The lowest BCUT2D eigenvalue weighted by Crippen LogP contribution is -2.52. The Morgan fingerprint density at radius 3 is 2.68 bits per heavy atom. The molecule has 1 aromatic carbocycles. The normalized spacial score (nSPS) is 20.3. The van der Waals surface area contributed by atoms with Crippen LogP contribution in [0.4, 0.5) is 4.39 Å².